The Balaban J connectivity index is 1.53. The minimum Gasteiger partial charge on any atom is -0.384 e. The lowest BCUT2D eigenvalue weighted by atomic mass is 9.97. The summed E-state index contributed by atoms with van der Waals surface area (Å²) in [5, 5.41) is 0. The molecule has 25 heavy (non-hydrogen) atoms. The maximum Gasteiger partial charge on any atom is 0.134 e. The highest BCUT2D eigenvalue weighted by Gasteiger charge is 2.25. The number of hydrogen-bond acceptors (Lipinski definition) is 5. The van der Waals surface area contributed by atoms with Gasteiger partial charge in [0.15, 0.2) is 0 Å². The number of rotatable bonds is 4. The molecule has 1 fully saturated rings. The van der Waals surface area contributed by atoms with Crippen molar-refractivity contribution in [3.63, 3.8) is 0 Å². The minimum absolute atomic E-state index is 0.392. The average Bonchev–Trinajstić information content (AvgIpc) is 3.11. The van der Waals surface area contributed by atoms with E-state index in [9.17, 15) is 0 Å². The number of benzene rings is 1. The third-order valence-electron chi connectivity index (χ3n) is 4.73. The molecule has 6 nitrogen and oxygen atoms in total. The van der Waals surface area contributed by atoms with E-state index in [1.54, 1.807) is 0 Å². The van der Waals surface area contributed by atoms with E-state index >= 15 is 0 Å². The topological polar surface area (TPSA) is 72.9 Å². The van der Waals surface area contributed by atoms with E-state index in [2.05, 4.69) is 54.9 Å². The molecule has 1 atom stereocenters. The molecule has 1 aromatic carbocycles. The Labute approximate surface area is 147 Å². The van der Waals surface area contributed by atoms with Crippen molar-refractivity contribution in [2.45, 2.75) is 25.3 Å². The number of anilines is 2. The Kier molecular flexibility index (Phi) is 4.33. The van der Waals surface area contributed by atoms with Crippen LogP contribution in [0.2, 0.25) is 0 Å². The molecule has 3 heterocycles. The van der Waals surface area contributed by atoms with Crippen molar-refractivity contribution in [1.29, 1.82) is 0 Å². The van der Waals surface area contributed by atoms with Crippen molar-refractivity contribution in [2.75, 3.05) is 23.7 Å². The first kappa shape index (κ1) is 15.6. The summed E-state index contributed by atoms with van der Waals surface area (Å²) in [4.78, 5) is 15.3. The number of nitrogens with two attached hydrogens (primary N) is 1. The van der Waals surface area contributed by atoms with E-state index in [4.69, 9.17) is 5.73 Å². The van der Waals surface area contributed by atoms with Crippen LogP contribution >= 0.6 is 0 Å². The SMILES string of the molecule is Nc1cc(N2CCC[C@H](c3nccn3Cc3ccccc3)C2)ncn1. The monoisotopic (exact) mass is 334 g/mol. The molecule has 2 N–H and O–H groups in total. The fraction of sp³-hybridized carbons (Fsp3) is 0.316. The van der Waals surface area contributed by atoms with Gasteiger partial charge in [-0.15, -0.1) is 0 Å². The van der Waals surface area contributed by atoms with Crippen LogP contribution in [0.5, 0.6) is 0 Å². The summed E-state index contributed by atoms with van der Waals surface area (Å²) >= 11 is 0. The van der Waals surface area contributed by atoms with Crippen LogP contribution in [0.3, 0.4) is 0 Å². The third-order valence-corrected chi connectivity index (χ3v) is 4.73. The molecule has 1 saturated heterocycles. The van der Waals surface area contributed by atoms with Crippen molar-refractivity contribution in [1.82, 2.24) is 19.5 Å². The van der Waals surface area contributed by atoms with Gasteiger partial charge in [0.25, 0.3) is 0 Å². The summed E-state index contributed by atoms with van der Waals surface area (Å²) in [5.74, 6) is 2.95. The van der Waals surface area contributed by atoms with Crippen molar-refractivity contribution in [2.24, 2.45) is 0 Å². The van der Waals surface area contributed by atoms with Gasteiger partial charge in [-0.2, -0.15) is 0 Å². The summed E-state index contributed by atoms with van der Waals surface area (Å²) in [5.41, 5.74) is 7.10. The van der Waals surface area contributed by atoms with Crippen LogP contribution in [0.25, 0.3) is 0 Å². The lowest BCUT2D eigenvalue weighted by Crippen LogP contribution is -2.36. The second-order valence-electron chi connectivity index (χ2n) is 6.49. The Bertz CT molecular complexity index is 829. The smallest absolute Gasteiger partial charge is 0.134 e. The van der Waals surface area contributed by atoms with Gasteiger partial charge >= 0.3 is 0 Å². The molecule has 1 aliphatic heterocycles. The Morgan fingerprint density at radius 2 is 2.00 bits per heavy atom. The van der Waals surface area contributed by atoms with E-state index in [0.29, 0.717) is 11.7 Å². The molecule has 0 bridgehead atoms. The Morgan fingerprint density at radius 1 is 1.12 bits per heavy atom. The third kappa shape index (κ3) is 3.47. The average molecular weight is 334 g/mol. The minimum atomic E-state index is 0.392. The van der Waals surface area contributed by atoms with Crippen molar-refractivity contribution in [3.05, 3.63) is 66.5 Å². The largest absolute Gasteiger partial charge is 0.384 e. The number of aromatic nitrogens is 4. The van der Waals surface area contributed by atoms with Crippen LogP contribution in [-0.2, 0) is 6.54 Å². The van der Waals surface area contributed by atoms with E-state index in [0.717, 1.165) is 44.1 Å². The number of nitrogens with zero attached hydrogens (tertiary/aromatic N) is 5. The summed E-state index contributed by atoms with van der Waals surface area (Å²) in [6.45, 7) is 2.75. The summed E-state index contributed by atoms with van der Waals surface area (Å²) < 4.78 is 2.26. The normalized spacial score (nSPS) is 17.6. The standard InChI is InChI=1S/C19H22N6/c20-17-11-18(23-14-22-17)24-9-4-7-16(13-24)19-21-8-10-25(19)12-15-5-2-1-3-6-15/h1-3,5-6,8,10-11,14,16H,4,7,9,12-13H2,(H2,20,22,23)/t16-/m0/s1. The number of piperidine rings is 1. The fourth-order valence-electron chi connectivity index (χ4n) is 3.52. The molecule has 3 aromatic rings. The highest BCUT2D eigenvalue weighted by molar-refractivity contribution is 5.46. The van der Waals surface area contributed by atoms with Crippen LogP contribution in [-0.4, -0.2) is 32.6 Å². The van der Waals surface area contributed by atoms with Gasteiger partial charge < -0.3 is 15.2 Å². The molecule has 0 amide bonds. The van der Waals surface area contributed by atoms with Gasteiger partial charge in [-0.25, -0.2) is 15.0 Å². The van der Waals surface area contributed by atoms with Crippen LogP contribution in [0, 0.1) is 0 Å². The van der Waals surface area contributed by atoms with Crippen LogP contribution in [0.1, 0.15) is 30.1 Å². The van der Waals surface area contributed by atoms with Crippen molar-refractivity contribution >= 4 is 11.6 Å². The Morgan fingerprint density at radius 3 is 2.84 bits per heavy atom. The second-order valence-corrected chi connectivity index (χ2v) is 6.49. The maximum absolute atomic E-state index is 5.81. The molecular formula is C19H22N6. The summed E-state index contributed by atoms with van der Waals surface area (Å²) in [6, 6.07) is 12.4. The lowest BCUT2D eigenvalue weighted by molar-refractivity contribution is 0.474. The predicted octanol–water partition coefficient (Wildman–Crippen LogP) is 2.69. The van der Waals surface area contributed by atoms with Crippen molar-refractivity contribution < 1.29 is 0 Å². The molecule has 0 spiro atoms. The van der Waals surface area contributed by atoms with E-state index in [1.807, 2.05) is 18.3 Å². The molecule has 0 aliphatic carbocycles. The number of hydrogen-bond donors (Lipinski definition) is 1. The van der Waals surface area contributed by atoms with Crippen LogP contribution < -0.4 is 10.6 Å². The molecule has 6 heteroatoms. The summed E-state index contributed by atoms with van der Waals surface area (Å²) in [7, 11) is 0. The van der Waals surface area contributed by atoms with Gasteiger partial charge in [0.2, 0.25) is 0 Å². The van der Waals surface area contributed by atoms with Gasteiger partial charge in [0.05, 0.1) is 0 Å². The first-order valence-corrected chi connectivity index (χ1v) is 8.67. The van der Waals surface area contributed by atoms with Gasteiger partial charge in [0, 0.05) is 44.0 Å². The van der Waals surface area contributed by atoms with E-state index < -0.39 is 0 Å². The molecule has 128 valence electrons. The molecule has 0 unspecified atom stereocenters. The zero-order chi connectivity index (χ0) is 17.1. The quantitative estimate of drug-likeness (QED) is 0.794. The lowest BCUT2D eigenvalue weighted by Gasteiger charge is -2.33. The van der Waals surface area contributed by atoms with Gasteiger partial charge in [-0.05, 0) is 18.4 Å². The molecule has 0 saturated carbocycles. The molecule has 2 aromatic heterocycles. The van der Waals surface area contributed by atoms with Crippen LogP contribution in [0.15, 0.2) is 55.1 Å². The molecule has 0 radical (unpaired) electrons. The van der Waals surface area contributed by atoms with E-state index in [1.165, 1.54) is 11.9 Å². The zero-order valence-corrected chi connectivity index (χ0v) is 14.1. The Hall–Kier alpha value is -2.89. The highest BCUT2D eigenvalue weighted by Crippen LogP contribution is 2.29. The summed E-state index contributed by atoms with van der Waals surface area (Å²) in [6.07, 6.45) is 7.77. The van der Waals surface area contributed by atoms with Crippen LogP contribution in [0.4, 0.5) is 11.6 Å². The zero-order valence-electron chi connectivity index (χ0n) is 14.1. The fourth-order valence-corrected chi connectivity index (χ4v) is 3.52. The molecular weight excluding hydrogens is 312 g/mol. The predicted molar refractivity (Wildman–Crippen MR) is 98.4 cm³/mol. The first-order valence-electron chi connectivity index (χ1n) is 8.67. The van der Waals surface area contributed by atoms with Gasteiger partial charge in [0.1, 0.15) is 23.8 Å². The highest BCUT2D eigenvalue weighted by atomic mass is 15.2. The maximum atomic E-state index is 5.81. The second kappa shape index (κ2) is 6.93. The number of imidazole rings is 1. The number of nitrogen functional groups attached to an aromatic ring is 1. The van der Waals surface area contributed by atoms with Gasteiger partial charge in [-0.3, -0.25) is 0 Å². The molecule has 4 rings (SSSR count). The first-order chi connectivity index (χ1) is 12.3. The van der Waals surface area contributed by atoms with E-state index in [-0.39, 0.29) is 0 Å². The molecule has 1 aliphatic rings. The van der Waals surface area contributed by atoms with Crippen molar-refractivity contribution in [3.8, 4) is 0 Å². The van der Waals surface area contributed by atoms with Gasteiger partial charge in [-0.1, -0.05) is 30.3 Å².